The highest BCUT2D eigenvalue weighted by atomic mass is 19.1. The fourth-order valence-corrected chi connectivity index (χ4v) is 4.43. The molecule has 0 radical (unpaired) electrons. The number of hydrogen-bond acceptors (Lipinski definition) is 5. The maximum Gasteiger partial charge on any atom is 0.254 e. The van der Waals surface area contributed by atoms with Gasteiger partial charge in [0.2, 0.25) is 5.88 Å². The molecule has 0 bridgehead atoms. The van der Waals surface area contributed by atoms with Crippen LogP contribution in [0.3, 0.4) is 0 Å². The monoisotopic (exact) mass is 471 g/mol. The second-order valence-electron chi connectivity index (χ2n) is 8.66. The average molecular weight is 472 g/mol. The molecular formula is C27H26FN5O2. The van der Waals surface area contributed by atoms with Gasteiger partial charge in [-0.3, -0.25) is 4.79 Å². The molecule has 2 aromatic carbocycles. The number of imidazole rings is 1. The molecule has 178 valence electrons. The van der Waals surface area contributed by atoms with Crippen molar-refractivity contribution >= 4 is 5.91 Å². The van der Waals surface area contributed by atoms with Crippen LogP contribution in [0.25, 0.3) is 0 Å². The molecule has 1 atom stereocenters. The van der Waals surface area contributed by atoms with E-state index in [1.807, 2.05) is 46.9 Å². The van der Waals surface area contributed by atoms with Crippen molar-refractivity contribution < 1.29 is 13.9 Å². The van der Waals surface area contributed by atoms with Crippen LogP contribution in [0.1, 0.15) is 52.7 Å². The van der Waals surface area contributed by atoms with E-state index in [1.54, 1.807) is 30.7 Å². The molecule has 1 fully saturated rings. The van der Waals surface area contributed by atoms with Gasteiger partial charge >= 0.3 is 0 Å². The molecule has 0 N–H and O–H groups in total. The standard InChI is InChI=1S/C27H26FN5O2/c1-19-16-25(35-22-11-9-21(28)10-12-22)31-26(30-19)24-8-4-5-14-33(24)27(34)23-7-3-2-6-20(23)17-32-15-13-29-18-32/h2-3,6-7,9-13,15-16,18,24H,4-5,8,14,17H2,1H3. The SMILES string of the molecule is Cc1cc(Oc2ccc(F)cc2)nc(C2CCCCN2C(=O)c2ccccc2Cn2ccnc2)n1. The van der Waals surface area contributed by atoms with E-state index in [1.165, 1.54) is 12.1 Å². The molecular weight excluding hydrogens is 445 g/mol. The molecule has 0 spiro atoms. The molecule has 4 aromatic rings. The zero-order valence-electron chi connectivity index (χ0n) is 19.5. The number of aromatic nitrogens is 4. The highest BCUT2D eigenvalue weighted by Crippen LogP contribution is 2.32. The minimum absolute atomic E-state index is 0.0310. The molecule has 5 rings (SSSR count). The van der Waals surface area contributed by atoms with Gasteiger partial charge < -0.3 is 14.2 Å². The first kappa shape index (κ1) is 22.7. The number of carbonyl (C=O) groups is 1. The molecule has 1 unspecified atom stereocenters. The lowest BCUT2D eigenvalue weighted by Gasteiger charge is -2.35. The molecule has 2 aromatic heterocycles. The van der Waals surface area contributed by atoms with Crippen LogP contribution in [0.2, 0.25) is 0 Å². The van der Waals surface area contributed by atoms with Gasteiger partial charge in [0.25, 0.3) is 5.91 Å². The zero-order chi connectivity index (χ0) is 24.2. The summed E-state index contributed by atoms with van der Waals surface area (Å²) in [5.41, 5.74) is 2.35. The number of piperidine rings is 1. The summed E-state index contributed by atoms with van der Waals surface area (Å²) in [5.74, 6) is 1.05. The van der Waals surface area contributed by atoms with Gasteiger partial charge in [-0.05, 0) is 62.1 Å². The molecule has 1 amide bonds. The van der Waals surface area contributed by atoms with Crippen LogP contribution in [0.5, 0.6) is 11.6 Å². The highest BCUT2D eigenvalue weighted by molar-refractivity contribution is 5.96. The number of ether oxygens (including phenoxy) is 1. The zero-order valence-corrected chi connectivity index (χ0v) is 19.5. The summed E-state index contributed by atoms with van der Waals surface area (Å²) in [5, 5.41) is 0. The Morgan fingerprint density at radius 3 is 2.74 bits per heavy atom. The summed E-state index contributed by atoms with van der Waals surface area (Å²) in [6.45, 7) is 3.07. The molecule has 0 saturated carbocycles. The van der Waals surface area contributed by atoms with E-state index < -0.39 is 0 Å². The van der Waals surface area contributed by atoms with Crippen LogP contribution in [0.4, 0.5) is 4.39 Å². The van der Waals surface area contributed by atoms with Gasteiger partial charge in [0.05, 0.1) is 12.4 Å². The Bertz CT molecular complexity index is 1310. The largest absolute Gasteiger partial charge is 0.439 e. The summed E-state index contributed by atoms with van der Waals surface area (Å²) >= 11 is 0. The van der Waals surface area contributed by atoms with Crippen molar-refractivity contribution in [3.63, 3.8) is 0 Å². The van der Waals surface area contributed by atoms with E-state index in [9.17, 15) is 9.18 Å². The molecule has 1 saturated heterocycles. The third-order valence-corrected chi connectivity index (χ3v) is 6.11. The van der Waals surface area contributed by atoms with Crippen molar-refractivity contribution in [2.75, 3.05) is 6.54 Å². The second kappa shape index (κ2) is 10.0. The van der Waals surface area contributed by atoms with E-state index in [2.05, 4.69) is 15.0 Å². The molecule has 1 aliphatic heterocycles. The second-order valence-corrected chi connectivity index (χ2v) is 8.66. The number of likely N-dealkylation sites (tertiary alicyclic amines) is 1. The van der Waals surface area contributed by atoms with Crippen molar-refractivity contribution in [1.29, 1.82) is 0 Å². The Morgan fingerprint density at radius 2 is 1.94 bits per heavy atom. The summed E-state index contributed by atoms with van der Waals surface area (Å²) in [6.07, 6.45) is 8.04. The lowest BCUT2D eigenvalue weighted by Crippen LogP contribution is -2.39. The van der Waals surface area contributed by atoms with Crippen molar-refractivity contribution in [1.82, 2.24) is 24.4 Å². The third-order valence-electron chi connectivity index (χ3n) is 6.11. The van der Waals surface area contributed by atoms with Crippen molar-refractivity contribution in [3.05, 3.63) is 102 Å². The Hall–Kier alpha value is -4.07. The molecule has 8 heteroatoms. The number of amides is 1. The fraction of sp³-hybridized carbons (Fsp3) is 0.259. The average Bonchev–Trinajstić information content (AvgIpc) is 3.38. The molecule has 7 nitrogen and oxygen atoms in total. The first-order valence-corrected chi connectivity index (χ1v) is 11.7. The number of carbonyl (C=O) groups excluding carboxylic acids is 1. The lowest BCUT2D eigenvalue weighted by molar-refractivity contribution is 0.0597. The number of aryl methyl sites for hydroxylation is 1. The Morgan fingerprint density at radius 1 is 1.11 bits per heavy atom. The van der Waals surface area contributed by atoms with Crippen LogP contribution in [-0.4, -0.2) is 36.9 Å². The van der Waals surface area contributed by atoms with Crippen LogP contribution in [0, 0.1) is 12.7 Å². The van der Waals surface area contributed by atoms with Crippen molar-refractivity contribution in [2.24, 2.45) is 0 Å². The maximum atomic E-state index is 13.8. The van der Waals surface area contributed by atoms with Crippen LogP contribution < -0.4 is 4.74 Å². The Balaban J connectivity index is 1.43. The molecule has 3 heterocycles. The van der Waals surface area contributed by atoms with Crippen LogP contribution in [0.15, 0.2) is 73.3 Å². The van der Waals surface area contributed by atoms with Gasteiger partial charge in [0.15, 0.2) is 5.82 Å². The van der Waals surface area contributed by atoms with E-state index in [0.717, 1.165) is 30.5 Å². The lowest BCUT2D eigenvalue weighted by atomic mass is 9.98. The number of rotatable bonds is 6. The number of hydrogen-bond donors (Lipinski definition) is 0. The highest BCUT2D eigenvalue weighted by Gasteiger charge is 2.32. The Labute approximate surface area is 203 Å². The van der Waals surface area contributed by atoms with Gasteiger partial charge in [-0.2, -0.15) is 4.98 Å². The summed E-state index contributed by atoms with van der Waals surface area (Å²) in [6, 6.07) is 15.0. The maximum absolute atomic E-state index is 13.8. The summed E-state index contributed by atoms with van der Waals surface area (Å²) < 4.78 is 21.1. The normalized spacial score (nSPS) is 15.7. The van der Waals surface area contributed by atoms with Gasteiger partial charge in [-0.1, -0.05) is 18.2 Å². The van der Waals surface area contributed by atoms with E-state index >= 15 is 0 Å². The van der Waals surface area contributed by atoms with E-state index in [-0.39, 0.29) is 17.8 Å². The quantitative estimate of drug-likeness (QED) is 0.380. The molecule has 35 heavy (non-hydrogen) atoms. The molecule has 0 aliphatic carbocycles. The van der Waals surface area contributed by atoms with Gasteiger partial charge in [0.1, 0.15) is 11.6 Å². The van der Waals surface area contributed by atoms with Crippen molar-refractivity contribution in [3.8, 4) is 11.6 Å². The fourth-order valence-electron chi connectivity index (χ4n) is 4.43. The third kappa shape index (κ3) is 5.21. The van der Waals surface area contributed by atoms with Gasteiger partial charge in [0, 0.05) is 42.8 Å². The number of nitrogens with zero attached hydrogens (tertiary/aromatic N) is 5. The van der Waals surface area contributed by atoms with Gasteiger partial charge in [-0.25, -0.2) is 14.4 Å². The molecule has 1 aliphatic rings. The smallest absolute Gasteiger partial charge is 0.254 e. The topological polar surface area (TPSA) is 73.1 Å². The van der Waals surface area contributed by atoms with Crippen molar-refractivity contribution in [2.45, 2.75) is 38.8 Å². The summed E-state index contributed by atoms with van der Waals surface area (Å²) in [4.78, 5) is 29.1. The minimum Gasteiger partial charge on any atom is -0.439 e. The van der Waals surface area contributed by atoms with Gasteiger partial charge in [-0.15, -0.1) is 0 Å². The minimum atomic E-state index is -0.332. The van der Waals surface area contributed by atoms with E-state index in [0.29, 0.717) is 36.1 Å². The van der Waals surface area contributed by atoms with E-state index in [4.69, 9.17) is 4.74 Å². The summed E-state index contributed by atoms with van der Waals surface area (Å²) in [7, 11) is 0. The predicted molar refractivity (Wildman–Crippen MR) is 129 cm³/mol. The first-order chi connectivity index (χ1) is 17.1. The number of benzene rings is 2. The van der Waals surface area contributed by atoms with Crippen LogP contribution >= 0.6 is 0 Å². The predicted octanol–water partition coefficient (Wildman–Crippen LogP) is 5.33. The Kier molecular flexibility index (Phi) is 6.52. The first-order valence-electron chi connectivity index (χ1n) is 11.7. The van der Waals surface area contributed by atoms with Crippen LogP contribution in [-0.2, 0) is 6.54 Å². The number of halogens is 1.